The van der Waals surface area contributed by atoms with Crippen LogP contribution in [0, 0.1) is 5.92 Å². The Kier molecular flexibility index (Phi) is 5.06. The van der Waals surface area contributed by atoms with Gasteiger partial charge in [-0.2, -0.15) is 0 Å². The van der Waals surface area contributed by atoms with E-state index in [1.165, 1.54) is 14.2 Å². The van der Waals surface area contributed by atoms with E-state index in [0.717, 1.165) is 0 Å². The maximum absolute atomic E-state index is 14.1. The Morgan fingerprint density at radius 2 is 1.82 bits per heavy atom. The molecule has 2 aliphatic heterocycles. The average Bonchev–Trinajstić information content (AvgIpc) is 3.37. The van der Waals surface area contributed by atoms with Crippen molar-refractivity contribution in [3.05, 3.63) is 88.4 Å². The normalized spacial score (nSPS) is 20.6. The van der Waals surface area contributed by atoms with Gasteiger partial charge in [0.15, 0.2) is 5.78 Å². The van der Waals surface area contributed by atoms with Gasteiger partial charge in [-0.25, -0.2) is 0 Å². The first-order valence-electron chi connectivity index (χ1n) is 10.2. The summed E-state index contributed by atoms with van der Waals surface area (Å²) in [7, 11) is 3.00. The minimum Gasteiger partial charge on any atom is -0.497 e. The number of rotatable bonds is 5. The van der Waals surface area contributed by atoms with Crippen molar-refractivity contribution in [1.29, 1.82) is 0 Å². The zero-order valence-electron chi connectivity index (χ0n) is 17.8. The van der Waals surface area contributed by atoms with Crippen molar-refractivity contribution in [3.63, 3.8) is 0 Å². The lowest BCUT2D eigenvalue weighted by molar-refractivity contribution is -0.140. The molecule has 166 valence electrons. The number of Topliss-reactive ketones (excluding diaryl/α,β-unsaturated/α-hetero) is 1. The van der Waals surface area contributed by atoms with E-state index in [-0.39, 0.29) is 11.3 Å². The van der Waals surface area contributed by atoms with Crippen molar-refractivity contribution in [3.8, 4) is 11.5 Å². The van der Waals surface area contributed by atoms with Crippen molar-refractivity contribution in [2.24, 2.45) is 11.1 Å². The molecule has 1 spiro atoms. The summed E-state index contributed by atoms with van der Waals surface area (Å²) in [5, 5.41) is 7.63. The van der Waals surface area contributed by atoms with Crippen LogP contribution in [0.2, 0.25) is 5.02 Å². The fourth-order valence-electron chi connectivity index (χ4n) is 4.36. The highest BCUT2D eigenvalue weighted by Gasteiger charge is 2.63. The van der Waals surface area contributed by atoms with Crippen LogP contribution in [0.5, 0.6) is 11.5 Å². The van der Waals surface area contributed by atoms with Gasteiger partial charge in [-0.05, 0) is 30.3 Å². The SMILES string of the molecule is COc1ccc(C(=O)[C@@H]2C(c3ccc(Cl)cc3)=NO[C@@]23C(=O)Nc2ccccc23)c(OC)c1. The summed E-state index contributed by atoms with van der Waals surface area (Å²) in [4.78, 5) is 33.3. The number of para-hydroxylation sites is 1. The molecule has 0 unspecified atom stereocenters. The predicted molar refractivity (Wildman–Crippen MR) is 123 cm³/mol. The van der Waals surface area contributed by atoms with Crippen molar-refractivity contribution >= 4 is 34.7 Å². The highest BCUT2D eigenvalue weighted by Crippen LogP contribution is 2.50. The lowest BCUT2D eigenvalue weighted by atomic mass is 9.74. The van der Waals surface area contributed by atoms with Gasteiger partial charge in [-0.1, -0.05) is 47.1 Å². The minimum atomic E-state index is -1.65. The monoisotopic (exact) mass is 462 g/mol. The third-order valence-corrected chi connectivity index (χ3v) is 6.21. The van der Waals surface area contributed by atoms with E-state index in [9.17, 15) is 9.59 Å². The molecule has 2 aliphatic rings. The summed E-state index contributed by atoms with van der Waals surface area (Å²) in [5.74, 6) is -1.03. The number of oxime groups is 1. The molecule has 0 aromatic heterocycles. The second-order valence-corrected chi connectivity index (χ2v) is 8.11. The van der Waals surface area contributed by atoms with Crippen LogP contribution >= 0.6 is 11.6 Å². The molecule has 3 aromatic rings. The average molecular weight is 463 g/mol. The Hall–Kier alpha value is -3.84. The summed E-state index contributed by atoms with van der Waals surface area (Å²) in [6.07, 6.45) is 0. The second kappa shape index (κ2) is 7.94. The van der Waals surface area contributed by atoms with E-state index >= 15 is 0 Å². The van der Waals surface area contributed by atoms with Crippen LogP contribution in [0.25, 0.3) is 0 Å². The first-order chi connectivity index (χ1) is 16.0. The van der Waals surface area contributed by atoms with Crippen LogP contribution in [0.4, 0.5) is 5.69 Å². The number of benzene rings is 3. The number of hydrogen-bond acceptors (Lipinski definition) is 6. The minimum absolute atomic E-state index is 0.284. The van der Waals surface area contributed by atoms with E-state index in [1.807, 2.05) is 0 Å². The largest absolute Gasteiger partial charge is 0.497 e. The Morgan fingerprint density at radius 1 is 1.06 bits per heavy atom. The smallest absolute Gasteiger partial charge is 0.277 e. The second-order valence-electron chi connectivity index (χ2n) is 7.67. The molecule has 7 nitrogen and oxygen atoms in total. The number of nitrogens with zero attached hydrogens (tertiary/aromatic N) is 1. The van der Waals surface area contributed by atoms with Gasteiger partial charge < -0.3 is 19.6 Å². The van der Waals surface area contributed by atoms with Gasteiger partial charge in [0.1, 0.15) is 23.1 Å². The summed E-state index contributed by atoms with van der Waals surface area (Å²) in [5.41, 5.74) is 0.726. The van der Waals surface area contributed by atoms with E-state index in [2.05, 4.69) is 10.5 Å². The zero-order chi connectivity index (χ0) is 23.2. The summed E-state index contributed by atoms with van der Waals surface area (Å²) in [6.45, 7) is 0. The van der Waals surface area contributed by atoms with E-state index in [4.69, 9.17) is 25.9 Å². The van der Waals surface area contributed by atoms with Crippen molar-refractivity contribution < 1.29 is 23.9 Å². The fraction of sp³-hybridized carbons (Fsp3) is 0.160. The standard InChI is InChI=1S/C25H19ClN2O5/c1-31-16-11-12-17(20(13-16)32-2)23(29)21-22(14-7-9-15(26)10-8-14)28-33-25(21)18-5-3-4-6-19(18)27-24(25)30/h3-13,21H,1-2H3,(H,27,30)/t21-,25+/m0/s1. The van der Waals surface area contributed by atoms with Gasteiger partial charge in [-0.15, -0.1) is 0 Å². The molecular weight excluding hydrogens is 444 g/mol. The van der Waals surface area contributed by atoms with Crippen LogP contribution in [0.15, 0.2) is 71.9 Å². The molecule has 1 N–H and O–H groups in total. The van der Waals surface area contributed by atoms with E-state index in [0.29, 0.717) is 39.0 Å². The van der Waals surface area contributed by atoms with Crippen LogP contribution in [0.1, 0.15) is 21.5 Å². The van der Waals surface area contributed by atoms with Gasteiger partial charge in [0.2, 0.25) is 0 Å². The van der Waals surface area contributed by atoms with Crippen molar-refractivity contribution in [2.75, 3.05) is 19.5 Å². The Morgan fingerprint density at radius 3 is 2.55 bits per heavy atom. The third kappa shape index (κ3) is 3.15. The highest BCUT2D eigenvalue weighted by molar-refractivity contribution is 6.31. The van der Waals surface area contributed by atoms with Gasteiger partial charge in [0.05, 0.1) is 19.8 Å². The maximum atomic E-state index is 14.1. The molecule has 0 radical (unpaired) electrons. The molecule has 33 heavy (non-hydrogen) atoms. The van der Waals surface area contributed by atoms with Gasteiger partial charge in [0, 0.05) is 27.9 Å². The molecular formula is C25H19ClN2O5. The van der Waals surface area contributed by atoms with Crippen LogP contribution < -0.4 is 14.8 Å². The number of hydrogen-bond donors (Lipinski definition) is 1. The molecule has 2 atom stereocenters. The first-order valence-corrected chi connectivity index (χ1v) is 10.6. The maximum Gasteiger partial charge on any atom is 0.277 e. The molecule has 0 saturated carbocycles. The van der Waals surface area contributed by atoms with E-state index in [1.54, 1.807) is 66.7 Å². The van der Waals surface area contributed by atoms with Gasteiger partial charge in [-0.3, -0.25) is 9.59 Å². The summed E-state index contributed by atoms with van der Waals surface area (Å²) in [6, 6.07) is 18.9. The fourth-order valence-corrected chi connectivity index (χ4v) is 4.48. The molecule has 0 saturated heterocycles. The molecule has 0 bridgehead atoms. The quantitative estimate of drug-likeness (QED) is 0.566. The molecule has 0 fully saturated rings. The first kappa shape index (κ1) is 21.0. The van der Waals surface area contributed by atoms with Gasteiger partial charge >= 0.3 is 0 Å². The topological polar surface area (TPSA) is 86.2 Å². The molecule has 5 rings (SSSR count). The van der Waals surface area contributed by atoms with Crippen LogP contribution in [0.3, 0.4) is 0 Å². The van der Waals surface area contributed by atoms with Crippen molar-refractivity contribution in [2.45, 2.75) is 5.60 Å². The Balaban J connectivity index is 1.70. The molecule has 8 heteroatoms. The third-order valence-electron chi connectivity index (χ3n) is 5.96. The lowest BCUT2D eigenvalue weighted by Crippen LogP contribution is -2.46. The zero-order valence-corrected chi connectivity index (χ0v) is 18.6. The lowest BCUT2D eigenvalue weighted by Gasteiger charge is -2.27. The Labute approximate surface area is 194 Å². The molecule has 2 heterocycles. The highest BCUT2D eigenvalue weighted by atomic mass is 35.5. The number of methoxy groups -OCH3 is 2. The number of fused-ring (bicyclic) bond motifs is 2. The molecule has 3 aromatic carbocycles. The van der Waals surface area contributed by atoms with Crippen molar-refractivity contribution in [1.82, 2.24) is 0 Å². The molecule has 0 aliphatic carbocycles. The number of carbonyl (C=O) groups excluding carboxylic acids is 2. The number of halogens is 1. The summed E-state index contributed by atoms with van der Waals surface area (Å²) >= 11 is 6.06. The van der Waals surface area contributed by atoms with Crippen LogP contribution in [-0.4, -0.2) is 31.6 Å². The number of nitrogens with one attached hydrogen (secondary N) is 1. The van der Waals surface area contributed by atoms with Crippen LogP contribution in [-0.2, 0) is 15.2 Å². The number of amides is 1. The summed E-state index contributed by atoms with van der Waals surface area (Å²) < 4.78 is 10.7. The number of anilines is 1. The number of ether oxygens (including phenoxy) is 2. The van der Waals surface area contributed by atoms with E-state index < -0.39 is 17.4 Å². The number of carbonyl (C=O) groups is 2. The van der Waals surface area contributed by atoms with Gasteiger partial charge in [0.25, 0.3) is 11.5 Å². The number of ketones is 1. The Bertz CT molecular complexity index is 1300. The predicted octanol–water partition coefficient (Wildman–Crippen LogP) is 4.44. The molecule has 1 amide bonds.